The molecule has 0 bridgehead atoms. The van der Waals surface area contributed by atoms with Gasteiger partial charge in [0.15, 0.2) is 10.2 Å². The number of carbonyl (C=O) groups is 1. The van der Waals surface area contributed by atoms with Crippen molar-refractivity contribution in [1.82, 2.24) is 18.4 Å². The first-order valence-corrected chi connectivity index (χ1v) is 12.0. The van der Waals surface area contributed by atoms with Crippen LogP contribution in [-0.2, 0) is 30.1 Å². The van der Waals surface area contributed by atoms with E-state index in [0.717, 1.165) is 7.11 Å². The summed E-state index contributed by atoms with van der Waals surface area (Å²) in [4.78, 5) is 15.0. The minimum atomic E-state index is -5.31. The summed E-state index contributed by atoms with van der Waals surface area (Å²) in [5, 5.41) is -1.19. The lowest BCUT2D eigenvalue weighted by atomic mass is 10.4. The third-order valence-corrected chi connectivity index (χ3v) is 6.68. The van der Waals surface area contributed by atoms with Gasteiger partial charge in [-0.1, -0.05) is 0 Å². The molecule has 16 heteroatoms. The SMILES string of the molecule is CCN(CC)C(=S)N(C(C(=O)OC)N(C(=S)N(CC)CC)S(=O)(=O)O)S(=O)(=O)O. The van der Waals surface area contributed by atoms with E-state index < -0.39 is 43.0 Å². The summed E-state index contributed by atoms with van der Waals surface area (Å²) in [6, 6.07) is 0. The zero-order valence-corrected chi connectivity index (χ0v) is 19.9. The van der Waals surface area contributed by atoms with E-state index in [1.807, 2.05) is 0 Å². The van der Waals surface area contributed by atoms with Gasteiger partial charge in [-0.3, -0.25) is 9.11 Å². The Balaban J connectivity index is 6.94. The molecule has 0 aromatic heterocycles. The predicted octanol–water partition coefficient (Wildman–Crippen LogP) is -0.0515. The molecule has 0 aliphatic carbocycles. The fourth-order valence-electron chi connectivity index (χ4n) is 2.32. The zero-order chi connectivity index (χ0) is 23.2. The molecule has 0 fully saturated rings. The van der Waals surface area contributed by atoms with Crippen molar-refractivity contribution in [2.45, 2.75) is 33.9 Å². The third-order valence-electron chi connectivity index (χ3n) is 3.80. The molecule has 170 valence electrons. The highest BCUT2D eigenvalue weighted by Crippen LogP contribution is 2.21. The van der Waals surface area contributed by atoms with Crippen molar-refractivity contribution < 1.29 is 35.5 Å². The maximum absolute atomic E-state index is 12.5. The Hall–Kier alpha value is -1.33. The highest BCUT2D eigenvalue weighted by Gasteiger charge is 2.48. The predicted molar refractivity (Wildman–Crippen MR) is 114 cm³/mol. The lowest BCUT2D eigenvalue weighted by Crippen LogP contribution is -2.64. The van der Waals surface area contributed by atoms with Crippen LogP contribution in [0.15, 0.2) is 0 Å². The van der Waals surface area contributed by atoms with Gasteiger partial charge in [-0.25, -0.2) is 4.79 Å². The van der Waals surface area contributed by atoms with Crippen molar-refractivity contribution >= 4 is 61.2 Å². The van der Waals surface area contributed by atoms with E-state index in [0.29, 0.717) is 0 Å². The largest absolute Gasteiger partial charge is 0.466 e. The second kappa shape index (κ2) is 11.2. The summed E-state index contributed by atoms with van der Waals surface area (Å²) < 4.78 is 72.5. The average Bonchev–Trinajstić information content (AvgIpc) is 2.60. The van der Waals surface area contributed by atoms with Crippen LogP contribution in [0.2, 0.25) is 0 Å². The number of ether oxygens (including phenoxy) is 1. The number of carbonyl (C=O) groups excluding carboxylic acids is 1. The Morgan fingerprint density at radius 1 is 0.828 bits per heavy atom. The molecule has 12 nitrogen and oxygen atoms in total. The van der Waals surface area contributed by atoms with Crippen LogP contribution in [0.1, 0.15) is 27.7 Å². The molecule has 0 aromatic carbocycles. The van der Waals surface area contributed by atoms with Gasteiger partial charge in [0.1, 0.15) is 0 Å². The van der Waals surface area contributed by atoms with Crippen LogP contribution in [0.3, 0.4) is 0 Å². The fourth-order valence-corrected chi connectivity index (χ4v) is 5.15. The summed E-state index contributed by atoms with van der Waals surface area (Å²) in [5.41, 5.74) is 0. The van der Waals surface area contributed by atoms with Crippen LogP contribution >= 0.6 is 24.4 Å². The molecule has 0 heterocycles. The number of hydrogen-bond donors (Lipinski definition) is 2. The first kappa shape index (κ1) is 27.7. The summed E-state index contributed by atoms with van der Waals surface area (Å²) in [7, 11) is -9.75. The van der Waals surface area contributed by atoms with Gasteiger partial charge < -0.3 is 14.5 Å². The van der Waals surface area contributed by atoms with E-state index in [1.165, 1.54) is 9.80 Å². The van der Waals surface area contributed by atoms with Gasteiger partial charge in [-0.15, -0.1) is 0 Å². The van der Waals surface area contributed by atoms with E-state index >= 15 is 0 Å². The van der Waals surface area contributed by atoms with Gasteiger partial charge in [0.2, 0.25) is 6.17 Å². The molecule has 0 aromatic rings. The summed E-state index contributed by atoms with van der Waals surface area (Å²) in [6.07, 6.45) is -2.45. The molecule has 0 aliphatic heterocycles. The molecule has 0 unspecified atom stereocenters. The van der Waals surface area contributed by atoms with Crippen LogP contribution in [0, 0.1) is 0 Å². The van der Waals surface area contributed by atoms with E-state index in [1.54, 1.807) is 27.7 Å². The van der Waals surface area contributed by atoms with Crippen molar-refractivity contribution in [1.29, 1.82) is 0 Å². The Bertz CT molecular complexity index is 749. The van der Waals surface area contributed by atoms with E-state index in [9.17, 15) is 30.7 Å². The number of esters is 1. The number of methoxy groups -OCH3 is 1. The maximum atomic E-state index is 12.5. The molecular formula is C13H26N4O8S4. The van der Waals surface area contributed by atoms with Crippen molar-refractivity contribution in [3.05, 3.63) is 0 Å². The Labute approximate surface area is 182 Å². The molecule has 0 radical (unpaired) electrons. The monoisotopic (exact) mass is 494 g/mol. The summed E-state index contributed by atoms with van der Waals surface area (Å²) >= 11 is 10.2. The van der Waals surface area contributed by atoms with Gasteiger partial charge in [-0.05, 0) is 52.1 Å². The second-order valence-corrected chi connectivity index (χ2v) is 8.66. The van der Waals surface area contributed by atoms with Gasteiger partial charge in [0, 0.05) is 26.2 Å². The number of nitrogens with zero attached hydrogens (tertiary/aromatic N) is 4. The molecule has 2 N–H and O–H groups in total. The van der Waals surface area contributed by atoms with Crippen LogP contribution in [0.4, 0.5) is 0 Å². The summed E-state index contributed by atoms with van der Waals surface area (Å²) in [6.45, 7) is 7.14. The fraction of sp³-hybridized carbons (Fsp3) is 0.769. The highest BCUT2D eigenvalue weighted by molar-refractivity contribution is 7.88. The van der Waals surface area contributed by atoms with Gasteiger partial charge in [0.25, 0.3) is 0 Å². The number of hydrogen-bond acceptors (Lipinski definition) is 8. The second-order valence-electron chi connectivity index (χ2n) is 5.35. The quantitative estimate of drug-likeness (QED) is 0.191. The third kappa shape index (κ3) is 6.85. The number of thiocarbonyl (C=S) groups is 2. The minimum Gasteiger partial charge on any atom is -0.466 e. The zero-order valence-electron chi connectivity index (χ0n) is 16.7. The van der Waals surface area contributed by atoms with Crippen LogP contribution in [0.25, 0.3) is 0 Å². The molecular weight excluding hydrogens is 468 g/mol. The van der Waals surface area contributed by atoms with Crippen LogP contribution < -0.4 is 0 Å². The molecule has 29 heavy (non-hydrogen) atoms. The van der Waals surface area contributed by atoms with E-state index in [2.05, 4.69) is 4.74 Å². The molecule has 0 amide bonds. The normalized spacial score (nSPS) is 11.7. The van der Waals surface area contributed by atoms with Crippen molar-refractivity contribution in [2.24, 2.45) is 0 Å². The molecule has 0 saturated carbocycles. The highest BCUT2D eigenvalue weighted by atomic mass is 32.2. The topological polar surface area (TPSA) is 148 Å². The summed E-state index contributed by atoms with van der Waals surface area (Å²) in [5.74, 6) is -1.45. The lowest BCUT2D eigenvalue weighted by molar-refractivity contribution is -0.147. The van der Waals surface area contributed by atoms with Crippen molar-refractivity contribution in [2.75, 3.05) is 33.3 Å². The molecule has 0 atom stereocenters. The van der Waals surface area contributed by atoms with Gasteiger partial charge in [-0.2, -0.15) is 25.4 Å². The Morgan fingerprint density at radius 3 is 1.28 bits per heavy atom. The smallest absolute Gasteiger partial charge is 0.364 e. The van der Waals surface area contributed by atoms with Gasteiger partial charge >= 0.3 is 26.6 Å². The van der Waals surface area contributed by atoms with Crippen molar-refractivity contribution in [3.63, 3.8) is 0 Å². The first-order valence-electron chi connectivity index (χ1n) is 8.41. The van der Waals surface area contributed by atoms with E-state index in [4.69, 9.17) is 24.4 Å². The number of rotatable bonds is 9. The first-order chi connectivity index (χ1) is 13.2. The molecule has 0 saturated heterocycles. The van der Waals surface area contributed by atoms with Gasteiger partial charge in [0.05, 0.1) is 7.11 Å². The Morgan fingerprint density at radius 2 is 1.10 bits per heavy atom. The molecule has 0 rings (SSSR count). The Kier molecular flexibility index (Phi) is 10.7. The molecule has 0 spiro atoms. The van der Waals surface area contributed by atoms with Crippen LogP contribution in [0.5, 0.6) is 0 Å². The maximum Gasteiger partial charge on any atom is 0.364 e. The standard InChI is InChI=1S/C13H26N4O8S4/c1-6-14(7-2)12(26)16(28(19,20)21)10(11(18)25-5)17(29(22,23)24)13(27)15(8-3)9-4/h10H,6-9H2,1-5H3,(H,19,20,21)(H,22,23,24). The molecule has 0 aliphatic rings. The lowest BCUT2D eigenvalue weighted by Gasteiger charge is -2.39. The minimum absolute atomic E-state index is 0.0370. The van der Waals surface area contributed by atoms with E-state index in [-0.39, 0.29) is 34.8 Å². The van der Waals surface area contributed by atoms with Crippen molar-refractivity contribution in [3.8, 4) is 0 Å². The average molecular weight is 495 g/mol. The van der Waals surface area contributed by atoms with Crippen LogP contribution in [-0.4, -0.2) is 100 Å².